The summed E-state index contributed by atoms with van der Waals surface area (Å²) in [7, 11) is 0. The Morgan fingerprint density at radius 2 is 1.61 bits per heavy atom. The molecule has 8 nitrogen and oxygen atoms in total. The number of amides is 2. The maximum Gasteiger partial charge on any atom is 0.321 e. The molecule has 160 valence electrons. The third kappa shape index (κ3) is 5.28. The highest BCUT2D eigenvalue weighted by atomic mass is 16.2. The van der Waals surface area contributed by atoms with Crippen LogP contribution in [0.4, 0.5) is 27.9 Å². The molecule has 2 N–H and O–H groups in total. The summed E-state index contributed by atoms with van der Waals surface area (Å²) in [5, 5.41) is 6.23. The van der Waals surface area contributed by atoms with E-state index in [-0.39, 0.29) is 6.03 Å². The summed E-state index contributed by atoms with van der Waals surface area (Å²) in [6.07, 6.45) is 1.77. The molecule has 0 radical (unpaired) electrons. The molecule has 3 heterocycles. The Morgan fingerprint density at radius 1 is 0.871 bits per heavy atom. The molecule has 8 heteroatoms. The number of aryl methyl sites for hydroxylation is 3. The van der Waals surface area contributed by atoms with Crippen molar-refractivity contribution in [1.82, 2.24) is 19.9 Å². The van der Waals surface area contributed by atoms with Gasteiger partial charge in [-0.25, -0.2) is 19.7 Å². The van der Waals surface area contributed by atoms with Crippen LogP contribution in [0.2, 0.25) is 0 Å². The second-order valence-electron chi connectivity index (χ2n) is 7.77. The first-order chi connectivity index (χ1) is 15.0. The summed E-state index contributed by atoms with van der Waals surface area (Å²) in [6, 6.07) is 13.6. The molecule has 2 aromatic heterocycles. The minimum Gasteiger partial charge on any atom is -0.353 e. The van der Waals surface area contributed by atoms with Crippen LogP contribution in [0.3, 0.4) is 0 Å². The van der Waals surface area contributed by atoms with Crippen molar-refractivity contribution in [1.29, 1.82) is 0 Å². The van der Waals surface area contributed by atoms with Crippen LogP contribution in [0.15, 0.2) is 48.7 Å². The molecule has 4 rings (SSSR count). The average Bonchev–Trinajstić information content (AvgIpc) is 2.75. The molecule has 0 spiro atoms. The van der Waals surface area contributed by atoms with Crippen LogP contribution in [0.25, 0.3) is 0 Å². The van der Waals surface area contributed by atoms with Crippen LogP contribution in [-0.2, 0) is 0 Å². The molecule has 0 bridgehead atoms. The molecule has 3 aromatic rings. The van der Waals surface area contributed by atoms with Gasteiger partial charge in [0.15, 0.2) is 0 Å². The van der Waals surface area contributed by atoms with Crippen LogP contribution >= 0.6 is 0 Å². The summed E-state index contributed by atoms with van der Waals surface area (Å²) in [4.78, 5) is 30.0. The van der Waals surface area contributed by atoms with Gasteiger partial charge in [-0.15, -0.1) is 0 Å². The smallest absolute Gasteiger partial charge is 0.321 e. The number of nitrogens with zero attached hydrogens (tertiary/aromatic N) is 5. The molecule has 2 amide bonds. The van der Waals surface area contributed by atoms with E-state index in [4.69, 9.17) is 0 Å². The van der Waals surface area contributed by atoms with Crippen molar-refractivity contribution in [3.8, 4) is 0 Å². The maximum atomic E-state index is 12.6. The molecule has 31 heavy (non-hydrogen) atoms. The fourth-order valence-electron chi connectivity index (χ4n) is 3.49. The van der Waals surface area contributed by atoms with E-state index in [1.807, 2.05) is 68.1 Å². The zero-order chi connectivity index (χ0) is 21.8. The Hall–Kier alpha value is -3.68. The van der Waals surface area contributed by atoms with Crippen molar-refractivity contribution in [2.45, 2.75) is 20.8 Å². The molecule has 1 fully saturated rings. The Bertz CT molecular complexity index is 1060. The molecule has 0 unspecified atom stereocenters. The Labute approximate surface area is 182 Å². The number of urea groups is 1. The second-order valence-corrected chi connectivity index (χ2v) is 7.77. The minimum atomic E-state index is -0.0738. The SMILES string of the molecule is Cc1ccc(NC(=O)N2CCN(c3cc(Nc4cc(C)ccn4)nc(C)n3)CC2)cc1. The van der Waals surface area contributed by atoms with E-state index in [2.05, 4.69) is 30.5 Å². The van der Waals surface area contributed by atoms with E-state index < -0.39 is 0 Å². The first-order valence-electron chi connectivity index (χ1n) is 10.4. The highest BCUT2D eigenvalue weighted by molar-refractivity contribution is 5.89. The second kappa shape index (κ2) is 8.99. The topological polar surface area (TPSA) is 86.3 Å². The first kappa shape index (κ1) is 20.6. The minimum absolute atomic E-state index is 0.0738. The van der Waals surface area contributed by atoms with Crippen LogP contribution in [0, 0.1) is 20.8 Å². The molecule has 0 aliphatic carbocycles. The standard InChI is InChI=1S/C23H27N7O/c1-16-4-6-19(7-5-16)27-23(31)30-12-10-29(11-13-30)22-15-21(25-18(3)26-22)28-20-14-17(2)8-9-24-20/h4-9,14-15H,10-13H2,1-3H3,(H,27,31)(H,24,25,26,28). The van der Waals surface area contributed by atoms with Gasteiger partial charge >= 0.3 is 6.03 Å². The van der Waals surface area contributed by atoms with Gasteiger partial charge in [-0.1, -0.05) is 17.7 Å². The largest absolute Gasteiger partial charge is 0.353 e. The van der Waals surface area contributed by atoms with Crippen molar-refractivity contribution in [2.24, 2.45) is 0 Å². The molecule has 1 saturated heterocycles. The van der Waals surface area contributed by atoms with E-state index in [1.54, 1.807) is 6.20 Å². The monoisotopic (exact) mass is 417 g/mol. The fourth-order valence-corrected chi connectivity index (χ4v) is 3.49. The highest BCUT2D eigenvalue weighted by Crippen LogP contribution is 2.21. The third-order valence-electron chi connectivity index (χ3n) is 5.19. The molecular formula is C23H27N7O. The van der Waals surface area contributed by atoms with Crippen LogP contribution in [0.5, 0.6) is 0 Å². The predicted octanol–water partition coefficient (Wildman–Crippen LogP) is 3.89. The highest BCUT2D eigenvalue weighted by Gasteiger charge is 2.22. The van der Waals surface area contributed by atoms with Crippen molar-refractivity contribution >= 4 is 29.2 Å². The van der Waals surface area contributed by atoms with Gasteiger partial charge in [-0.2, -0.15) is 0 Å². The average molecular weight is 418 g/mol. The van der Waals surface area contributed by atoms with Crippen molar-refractivity contribution < 1.29 is 4.79 Å². The molecule has 1 aliphatic heterocycles. The zero-order valence-corrected chi connectivity index (χ0v) is 18.1. The van der Waals surface area contributed by atoms with Gasteiger partial charge in [-0.3, -0.25) is 0 Å². The first-order valence-corrected chi connectivity index (χ1v) is 10.4. The van der Waals surface area contributed by atoms with Gasteiger partial charge in [0.05, 0.1) is 0 Å². The quantitative estimate of drug-likeness (QED) is 0.670. The summed E-state index contributed by atoms with van der Waals surface area (Å²) < 4.78 is 0. The van der Waals surface area contributed by atoms with Gasteiger partial charge in [0, 0.05) is 44.1 Å². The van der Waals surface area contributed by atoms with E-state index >= 15 is 0 Å². The lowest BCUT2D eigenvalue weighted by molar-refractivity contribution is 0.208. The number of aromatic nitrogens is 3. The number of nitrogens with one attached hydrogen (secondary N) is 2. The van der Waals surface area contributed by atoms with Gasteiger partial charge in [0.2, 0.25) is 0 Å². The summed E-state index contributed by atoms with van der Waals surface area (Å²) in [6.45, 7) is 8.60. The Morgan fingerprint density at radius 3 is 2.32 bits per heavy atom. The number of pyridine rings is 1. The molecule has 1 aromatic carbocycles. The van der Waals surface area contributed by atoms with Gasteiger partial charge in [0.1, 0.15) is 23.3 Å². The molecule has 1 aliphatic rings. The number of carbonyl (C=O) groups is 1. The molecular weight excluding hydrogens is 390 g/mol. The summed E-state index contributed by atoms with van der Waals surface area (Å²) >= 11 is 0. The van der Waals surface area contributed by atoms with E-state index in [0.29, 0.717) is 37.8 Å². The lowest BCUT2D eigenvalue weighted by Crippen LogP contribution is -2.50. The number of piperazine rings is 1. The van der Waals surface area contributed by atoms with E-state index in [1.165, 1.54) is 5.56 Å². The summed E-state index contributed by atoms with van der Waals surface area (Å²) in [5.74, 6) is 3.00. The van der Waals surface area contributed by atoms with Crippen molar-refractivity contribution in [3.63, 3.8) is 0 Å². The fraction of sp³-hybridized carbons (Fsp3) is 0.304. The van der Waals surface area contributed by atoms with Crippen LogP contribution in [0.1, 0.15) is 17.0 Å². The van der Waals surface area contributed by atoms with Gasteiger partial charge in [0.25, 0.3) is 0 Å². The Kier molecular flexibility index (Phi) is 5.97. The zero-order valence-electron chi connectivity index (χ0n) is 18.1. The van der Waals surface area contributed by atoms with Crippen LogP contribution < -0.4 is 15.5 Å². The van der Waals surface area contributed by atoms with Gasteiger partial charge < -0.3 is 20.4 Å². The van der Waals surface area contributed by atoms with Crippen molar-refractivity contribution in [3.05, 3.63) is 65.6 Å². The number of hydrogen-bond acceptors (Lipinski definition) is 6. The van der Waals surface area contributed by atoms with E-state index in [9.17, 15) is 4.79 Å². The Balaban J connectivity index is 1.38. The number of anilines is 4. The predicted molar refractivity (Wildman–Crippen MR) is 123 cm³/mol. The van der Waals surface area contributed by atoms with E-state index in [0.717, 1.165) is 22.9 Å². The lowest BCUT2D eigenvalue weighted by atomic mass is 10.2. The third-order valence-corrected chi connectivity index (χ3v) is 5.19. The molecule has 0 atom stereocenters. The maximum absolute atomic E-state index is 12.6. The number of rotatable bonds is 4. The normalized spacial score (nSPS) is 13.8. The van der Waals surface area contributed by atoms with Crippen LogP contribution in [-0.4, -0.2) is 52.1 Å². The number of carbonyl (C=O) groups excluding carboxylic acids is 1. The number of hydrogen-bond donors (Lipinski definition) is 2. The summed E-state index contributed by atoms with van der Waals surface area (Å²) in [5.41, 5.74) is 3.10. The molecule has 0 saturated carbocycles. The number of benzene rings is 1. The lowest BCUT2D eigenvalue weighted by Gasteiger charge is -2.35. The van der Waals surface area contributed by atoms with Crippen molar-refractivity contribution in [2.75, 3.05) is 41.7 Å². The van der Waals surface area contributed by atoms with Gasteiger partial charge in [-0.05, 0) is 50.6 Å².